The third-order valence-electron chi connectivity index (χ3n) is 3.13. The van der Waals surface area contributed by atoms with Crippen molar-refractivity contribution < 1.29 is 9.47 Å². The standard InChI is InChI=1S/C18H17NO2/c1-3-6-14-9-10-17(18(11-14)20-2)21-13-16-8-5-4-7-15(16)12-19/h3-5,7-11H,1,6,13H2,2H3. The van der Waals surface area contributed by atoms with Gasteiger partial charge in [-0.1, -0.05) is 30.3 Å². The number of nitriles is 1. The van der Waals surface area contributed by atoms with Gasteiger partial charge in [-0.3, -0.25) is 0 Å². The summed E-state index contributed by atoms with van der Waals surface area (Å²) in [6.45, 7) is 4.06. The molecule has 3 nitrogen and oxygen atoms in total. The van der Waals surface area contributed by atoms with Gasteiger partial charge in [0.1, 0.15) is 6.61 Å². The van der Waals surface area contributed by atoms with Crippen LogP contribution in [0.25, 0.3) is 0 Å². The van der Waals surface area contributed by atoms with Gasteiger partial charge in [0.2, 0.25) is 0 Å². The van der Waals surface area contributed by atoms with Gasteiger partial charge in [0.25, 0.3) is 0 Å². The van der Waals surface area contributed by atoms with Gasteiger partial charge in [0, 0.05) is 5.56 Å². The van der Waals surface area contributed by atoms with Gasteiger partial charge in [-0.25, -0.2) is 0 Å². The van der Waals surface area contributed by atoms with Crippen molar-refractivity contribution in [2.45, 2.75) is 13.0 Å². The number of benzene rings is 2. The summed E-state index contributed by atoms with van der Waals surface area (Å²) in [7, 11) is 1.61. The number of allylic oxidation sites excluding steroid dienone is 1. The van der Waals surface area contributed by atoms with Gasteiger partial charge in [-0.05, 0) is 30.2 Å². The van der Waals surface area contributed by atoms with E-state index in [1.807, 2.05) is 42.5 Å². The van der Waals surface area contributed by atoms with Gasteiger partial charge in [-0.15, -0.1) is 6.58 Å². The number of hydrogen-bond donors (Lipinski definition) is 0. The minimum absolute atomic E-state index is 0.334. The van der Waals surface area contributed by atoms with E-state index in [9.17, 15) is 0 Å². The number of rotatable bonds is 6. The quantitative estimate of drug-likeness (QED) is 0.754. The van der Waals surface area contributed by atoms with Crippen molar-refractivity contribution in [3.05, 3.63) is 71.8 Å². The SMILES string of the molecule is C=CCc1ccc(OCc2ccccc2C#N)c(OC)c1. The molecule has 0 aliphatic heterocycles. The fourth-order valence-electron chi connectivity index (χ4n) is 2.04. The fraction of sp³-hybridized carbons (Fsp3) is 0.167. The predicted molar refractivity (Wildman–Crippen MR) is 82.4 cm³/mol. The highest BCUT2D eigenvalue weighted by molar-refractivity contribution is 5.44. The Morgan fingerprint density at radius 1 is 1.19 bits per heavy atom. The van der Waals surface area contributed by atoms with Crippen LogP contribution in [0.3, 0.4) is 0 Å². The van der Waals surface area contributed by atoms with Crippen LogP contribution in [0.2, 0.25) is 0 Å². The van der Waals surface area contributed by atoms with E-state index in [-0.39, 0.29) is 0 Å². The number of methoxy groups -OCH3 is 1. The lowest BCUT2D eigenvalue weighted by Gasteiger charge is -2.12. The molecule has 0 unspecified atom stereocenters. The van der Waals surface area contributed by atoms with E-state index in [0.29, 0.717) is 23.7 Å². The van der Waals surface area contributed by atoms with E-state index in [4.69, 9.17) is 14.7 Å². The molecule has 0 bridgehead atoms. The molecule has 2 aromatic carbocycles. The largest absolute Gasteiger partial charge is 0.493 e. The number of hydrogen-bond acceptors (Lipinski definition) is 3. The summed E-state index contributed by atoms with van der Waals surface area (Å²) in [4.78, 5) is 0. The Hall–Kier alpha value is -2.73. The molecule has 0 saturated carbocycles. The van der Waals surface area contributed by atoms with Crippen molar-refractivity contribution in [1.29, 1.82) is 5.26 Å². The molecule has 0 spiro atoms. The second-order valence-corrected chi connectivity index (χ2v) is 4.54. The summed E-state index contributed by atoms with van der Waals surface area (Å²) >= 11 is 0. The van der Waals surface area contributed by atoms with Crippen LogP contribution in [-0.2, 0) is 13.0 Å². The Morgan fingerprint density at radius 3 is 2.71 bits per heavy atom. The summed E-state index contributed by atoms with van der Waals surface area (Å²) in [6.07, 6.45) is 2.63. The highest BCUT2D eigenvalue weighted by Gasteiger charge is 2.07. The van der Waals surface area contributed by atoms with E-state index in [1.54, 1.807) is 13.2 Å². The van der Waals surface area contributed by atoms with Crippen molar-refractivity contribution >= 4 is 0 Å². The Kier molecular flexibility index (Phi) is 5.00. The van der Waals surface area contributed by atoms with Gasteiger partial charge >= 0.3 is 0 Å². The molecule has 0 atom stereocenters. The van der Waals surface area contributed by atoms with Crippen molar-refractivity contribution in [1.82, 2.24) is 0 Å². The third kappa shape index (κ3) is 3.64. The van der Waals surface area contributed by atoms with Crippen LogP contribution in [0.5, 0.6) is 11.5 Å². The minimum atomic E-state index is 0.334. The van der Waals surface area contributed by atoms with Crippen molar-refractivity contribution in [3.63, 3.8) is 0 Å². The average Bonchev–Trinajstić information content (AvgIpc) is 2.54. The summed E-state index contributed by atoms with van der Waals surface area (Å²) in [6, 6.07) is 15.4. The van der Waals surface area contributed by atoms with Crippen LogP contribution in [0.1, 0.15) is 16.7 Å². The highest BCUT2D eigenvalue weighted by Crippen LogP contribution is 2.29. The lowest BCUT2D eigenvalue weighted by molar-refractivity contribution is 0.284. The van der Waals surface area contributed by atoms with Crippen LogP contribution in [-0.4, -0.2) is 7.11 Å². The molecule has 0 heterocycles. The average molecular weight is 279 g/mol. The van der Waals surface area contributed by atoms with Gasteiger partial charge < -0.3 is 9.47 Å². The monoisotopic (exact) mass is 279 g/mol. The smallest absolute Gasteiger partial charge is 0.161 e. The Morgan fingerprint density at radius 2 is 2.00 bits per heavy atom. The van der Waals surface area contributed by atoms with Crippen LogP contribution in [0.4, 0.5) is 0 Å². The van der Waals surface area contributed by atoms with Crippen molar-refractivity contribution in [2.24, 2.45) is 0 Å². The number of ether oxygens (including phenoxy) is 2. The second kappa shape index (κ2) is 7.16. The van der Waals surface area contributed by atoms with E-state index in [2.05, 4.69) is 12.6 Å². The third-order valence-corrected chi connectivity index (χ3v) is 3.13. The van der Waals surface area contributed by atoms with Gasteiger partial charge in [-0.2, -0.15) is 5.26 Å². The Bertz CT molecular complexity index is 671. The lowest BCUT2D eigenvalue weighted by atomic mass is 10.1. The molecule has 2 aromatic rings. The predicted octanol–water partition coefficient (Wildman–Crippen LogP) is 3.87. The van der Waals surface area contributed by atoms with Crippen LogP contribution in [0, 0.1) is 11.3 Å². The highest BCUT2D eigenvalue weighted by atomic mass is 16.5. The Balaban J connectivity index is 2.16. The number of nitrogens with zero attached hydrogens (tertiary/aromatic N) is 1. The van der Waals surface area contributed by atoms with E-state index in [1.165, 1.54) is 0 Å². The molecule has 0 aromatic heterocycles. The zero-order chi connectivity index (χ0) is 15.1. The molecule has 0 saturated heterocycles. The zero-order valence-corrected chi connectivity index (χ0v) is 12.0. The van der Waals surface area contributed by atoms with Gasteiger partial charge in [0.05, 0.1) is 18.7 Å². The summed E-state index contributed by atoms with van der Waals surface area (Å²) < 4.78 is 11.1. The summed E-state index contributed by atoms with van der Waals surface area (Å²) in [5.41, 5.74) is 2.60. The van der Waals surface area contributed by atoms with Crippen LogP contribution in [0.15, 0.2) is 55.1 Å². The van der Waals surface area contributed by atoms with Crippen LogP contribution < -0.4 is 9.47 Å². The molecule has 0 aliphatic rings. The second-order valence-electron chi connectivity index (χ2n) is 4.54. The van der Waals surface area contributed by atoms with Crippen LogP contribution >= 0.6 is 0 Å². The maximum absolute atomic E-state index is 9.07. The molecule has 21 heavy (non-hydrogen) atoms. The lowest BCUT2D eigenvalue weighted by Crippen LogP contribution is -2.00. The zero-order valence-electron chi connectivity index (χ0n) is 12.0. The molecule has 0 aliphatic carbocycles. The van der Waals surface area contributed by atoms with E-state index in [0.717, 1.165) is 17.5 Å². The first-order valence-corrected chi connectivity index (χ1v) is 6.67. The molecular weight excluding hydrogens is 262 g/mol. The normalized spacial score (nSPS) is 9.71. The molecule has 0 fully saturated rings. The topological polar surface area (TPSA) is 42.2 Å². The molecule has 106 valence electrons. The van der Waals surface area contributed by atoms with E-state index >= 15 is 0 Å². The van der Waals surface area contributed by atoms with Gasteiger partial charge in [0.15, 0.2) is 11.5 Å². The molecule has 2 rings (SSSR count). The minimum Gasteiger partial charge on any atom is -0.493 e. The Labute approximate surface area is 125 Å². The first-order chi connectivity index (χ1) is 10.3. The first kappa shape index (κ1) is 14.7. The first-order valence-electron chi connectivity index (χ1n) is 6.67. The molecule has 0 N–H and O–H groups in total. The summed E-state index contributed by atoms with van der Waals surface area (Å²) in [5.74, 6) is 1.35. The van der Waals surface area contributed by atoms with E-state index < -0.39 is 0 Å². The molecule has 0 radical (unpaired) electrons. The fourth-order valence-corrected chi connectivity index (χ4v) is 2.04. The maximum atomic E-state index is 9.07. The summed E-state index contributed by atoms with van der Waals surface area (Å²) in [5, 5.41) is 9.07. The maximum Gasteiger partial charge on any atom is 0.161 e. The van der Waals surface area contributed by atoms with Crippen molar-refractivity contribution in [2.75, 3.05) is 7.11 Å². The molecule has 3 heteroatoms. The molecule has 0 amide bonds. The molecular formula is C18H17NO2. The van der Waals surface area contributed by atoms with Crippen molar-refractivity contribution in [3.8, 4) is 17.6 Å².